The summed E-state index contributed by atoms with van der Waals surface area (Å²) in [5.41, 5.74) is -0.916. The van der Waals surface area contributed by atoms with E-state index in [1.807, 2.05) is 0 Å². The first-order valence-corrected chi connectivity index (χ1v) is 5.89. The Hall–Kier alpha value is -2.09. The van der Waals surface area contributed by atoms with Gasteiger partial charge in [0.05, 0.1) is 11.5 Å². The molecular weight excluding hydrogens is 274 g/mol. The average Bonchev–Trinajstić information content (AvgIpc) is 2.37. The Labute approximate surface area is 113 Å². The van der Waals surface area contributed by atoms with E-state index < -0.39 is 34.3 Å². The van der Waals surface area contributed by atoms with Crippen LogP contribution < -0.4 is 5.32 Å². The van der Waals surface area contributed by atoms with Gasteiger partial charge in [0.15, 0.2) is 0 Å². The normalized spacial score (nSPS) is 12.0. The number of hydrogen-bond acceptors (Lipinski definition) is 5. The van der Waals surface area contributed by atoms with E-state index in [1.54, 1.807) is 6.92 Å². The number of rotatable bonds is 6. The maximum Gasteiger partial charge on any atom is 0.322 e. The van der Waals surface area contributed by atoms with Crippen molar-refractivity contribution in [3.8, 4) is 0 Å². The summed E-state index contributed by atoms with van der Waals surface area (Å²) in [6.45, 7) is 3.20. The molecule has 8 heteroatoms. The fourth-order valence-electron chi connectivity index (χ4n) is 1.47. The maximum absolute atomic E-state index is 13.5. The molecule has 1 N–H and O–H groups in total. The minimum Gasteiger partial charge on any atom is -0.465 e. The largest absolute Gasteiger partial charge is 0.465 e. The Morgan fingerprint density at radius 2 is 2.10 bits per heavy atom. The highest BCUT2D eigenvalue weighted by atomic mass is 19.1. The van der Waals surface area contributed by atoms with E-state index in [0.29, 0.717) is 6.07 Å². The van der Waals surface area contributed by atoms with E-state index in [-0.39, 0.29) is 18.7 Å². The predicted molar refractivity (Wildman–Crippen MR) is 65.9 cm³/mol. The fraction of sp³-hybridized carbons (Fsp3) is 0.417. The van der Waals surface area contributed by atoms with Crippen LogP contribution in [0.3, 0.4) is 0 Å². The van der Waals surface area contributed by atoms with Gasteiger partial charge >= 0.3 is 11.7 Å². The molecule has 0 aliphatic carbocycles. The molecule has 1 atom stereocenters. The molecule has 0 aliphatic rings. The minimum absolute atomic E-state index is 0.103. The van der Waals surface area contributed by atoms with E-state index in [0.717, 1.165) is 6.07 Å². The lowest BCUT2D eigenvalue weighted by Crippen LogP contribution is -2.35. The quantitative estimate of drug-likeness (QED) is 0.491. The van der Waals surface area contributed by atoms with Gasteiger partial charge in [-0.25, -0.2) is 4.39 Å². The molecule has 0 radical (unpaired) electrons. The van der Waals surface area contributed by atoms with E-state index in [9.17, 15) is 23.7 Å². The molecule has 0 heterocycles. The summed E-state index contributed by atoms with van der Waals surface area (Å²) in [5, 5.41) is 13.2. The number of carbonyl (C=O) groups excluding carboxylic acids is 1. The van der Waals surface area contributed by atoms with E-state index >= 15 is 0 Å². The highest BCUT2D eigenvalue weighted by Gasteiger charge is 2.20. The molecule has 110 valence electrons. The van der Waals surface area contributed by atoms with E-state index in [2.05, 4.69) is 5.32 Å². The zero-order chi connectivity index (χ0) is 15.3. The first-order valence-electron chi connectivity index (χ1n) is 5.89. The minimum atomic E-state index is -1.24. The lowest BCUT2D eigenvalue weighted by Gasteiger charge is -2.12. The number of ether oxygens (including phenoxy) is 1. The molecule has 1 aromatic rings. The van der Waals surface area contributed by atoms with Crippen LogP contribution >= 0.6 is 0 Å². The Morgan fingerprint density at radius 1 is 1.45 bits per heavy atom. The second-order valence-electron chi connectivity index (χ2n) is 4.01. The summed E-state index contributed by atoms with van der Waals surface area (Å²) in [6, 6.07) is 0.540. The molecule has 1 unspecified atom stereocenters. The molecular formula is C12H14F2N2O4. The molecule has 0 amide bonds. The standard InChI is InChI=1S/C12H14F2N2O4/c1-3-20-12(17)7(2)15-6-8-4-11(16(18)19)10(14)5-9(8)13/h4-5,7,15H,3,6H2,1-2H3. The number of nitro groups is 1. The number of nitro benzene ring substituents is 1. The predicted octanol–water partition coefficient (Wildman–Crippen LogP) is 1.91. The molecule has 1 aromatic carbocycles. The third-order valence-corrected chi connectivity index (χ3v) is 2.55. The summed E-state index contributed by atoms with van der Waals surface area (Å²) in [5.74, 6) is -2.68. The van der Waals surface area contributed by atoms with Crippen LogP contribution in [0, 0.1) is 21.7 Å². The van der Waals surface area contributed by atoms with Gasteiger partial charge in [-0.3, -0.25) is 14.9 Å². The smallest absolute Gasteiger partial charge is 0.322 e. The van der Waals surface area contributed by atoms with Crippen molar-refractivity contribution in [3.05, 3.63) is 39.4 Å². The molecule has 1 rings (SSSR count). The van der Waals surface area contributed by atoms with Crippen molar-refractivity contribution in [1.82, 2.24) is 5.32 Å². The number of carbonyl (C=O) groups is 1. The first kappa shape index (κ1) is 16.0. The third-order valence-electron chi connectivity index (χ3n) is 2.55. The maximum atomic E-state index is 13.5. The van der Waals surface area contributed by atoms with Crippen molar-refractivity contribution in [3.63, 3.8) is 0 Å². The van der Waals surface area contributed by atoms with Gasteiger partial charge in [0.25, 0.3) is 0 Å². The van der Waals surface area contributed by atoms with Crippen LogP contribution in [-0.2, 0) is 16.1 Å². The molecule has 20 heavy (non-hydrogen) atoms. The molecule has 0 fully saturated rings. The molecule has 0 bridgehead atoms. The fourth-order valence-corrected chi connectivity index (χ4v) is 1.47. The van der Waals surface area contributed by atoms with Gasteiger partial charge in [-0.05, 0) is 13.8 Å². The topological polar surface area (TPSA) is 81.5 Å². The Bertz CT molecular complexity index is 522. The SMILES string of the molecule is CCOC(=O)C(C)NCc1cc([N+](=O)[O-])c(F)cc1F. The van der Waals surface area contributed by atoms with Gasteiger partial charge in [0.2, 0.25) is 5.82 Å². The number of halogens is 2. The van der Waals surface area contributed by atoms with Crippen molar-refractivity contribution in [2.45, 2.75) is 26.4 Å². The van der Waals surface area contributed by atoms with Gasteiger partial charge in [0.1, 0.15) is 11.9 Å². The Morgan fingerprint density at radius 3 is 2.65 bits per heavy atom. The second kappa shape index (κ2) is 6.90. The van der Waals surface area contributed by atoms with Crippen molar-refractivity contribution in [2.24, 2.45) is 0 Å². The van der Waals surface area contributed by atoms with Gasteiger partial charge in [-0.2, -0.15) is 4.39 Å². The Kier molecular flexibility index (Phi) is 5.51. The number of hydrogen-bond donors (Lipinski definition) is 1. The Balaban J connectivity index is 2.80. The van der Waals surface area contributed by atoms with Crippen molar-refractivity contribution in [2.75, 3.05) is 6.61 Å². The van der Waals surface area contributed by atoms with Gasteiger partial charge in [-0.1, -0.05) is 0 Å². The number of nitrogens with zero attached hydrogens (tertiary/aromatic N) is 1. The number of benzene rings is 1. The van der Waals surface area contributed by atoms with E-state index in [1.165, 1.54) is 6.92 Å². The summed E-state index contributed by atoms with van der Waals surface area (Å²) < 4.78 is 31.3. The van der Waals surface area contributed by atoms with Crippen LogP contribution in [0.5, 0.6) is 0 Å². The average molecular weight is 288 g/mol. The molecule has 6 nitrogen and oxygen atoms in total. The molecule has 0 spiro atoms. The highest BCUT2D eigenvalue weighted by Crippen LogP contribution is 2.21. The lowest BCUT2D eigenvalue weighted by molar-refractivity contribution is -0.387. The second-order valence-corrected chi connectivity index (χ2v) is 4.01. The number of esters is 1. The van der Waals surface area contributed by atoms with Crippen LogP contribution in [0.1, 0.15) is 19.4 Å². The zero-order valence-electron chi connectivity index (χ0n) is 11.0. The summed E-state index contributed by atoms with van der Waals surface area (Å²) in [6.07, 6.45) is 0. The molecule has 0 aliphatic heterocycles. The zero-order valence-corrected chi connectivity index (χ0v) is 11.0. The first-order chi connectivity index (χ1) is 9.36. The van der Waals surface area contributed by atoms with Crippen LogP contribution in [0.25, 0.3) is 0 Å². The summed E-state index contributed by atoms with van der Waals surface area (Å²) in [4.78, 5) is 21.0. The van der Waals surface area contributed by atoms with Gasteiger partial charge < -0.3 is 10.1 Å². The molecule has 0 saturated heterocycles. The molecule has 0 aromatic heterocycles. The summed E-state index contributed by atoms with van der Waals surface area (Å²) in [7, 11) is 0. The van der Waals surface area contributed by atoms with Gasteiger partial charge in [-0.15, -0.1) is 0 Å². The van der Waals surface area contributed by atoms with Crippen molar-refractivity contribution >= 4 is 11.7 Å². The molecule has 0 saturated carbocycles. The van der Waals surface area contributed by atoms with Crippen molar-refractivity contribution in [1.29, 1.82) is 0 Å². The lowest BCUT2D eigenvalue weighted by atomic mass is 10.1. The van der Waals surface area contributed by atoms with Crippen LogP contribution in [0.15, 0.2) is 12.1 Å². The number of nitrogens with one attached hydrogen (secondary N) is 1. The summed E-state index contributed by atoms with van der Waals surface area (Å²) >= 11 is 0. The highest BCUT2D eigenvalue weighted by molar-refractivity contribution is 5.75. The monoisotopic (exact) mass is 288 g/mol. The van der Waals surface area contributed by atoms with Crippen molar-refractivity contribution < 1.29 is 23.2 Å². The van der Waals surface area contributed by atoms with Gasteiger partial charge in [0, 0.05) is 24.2 Å². The van der Waals surface area contributed by atoms with Crippen LogP contribution in [0.4, 0.5) is 14.5 Å². The van der Waals surface area contributed by atoms with Crippen LogP contribution in [0.2, 0.25) is 0 Å². The third kappa shape index (κ3) is 3.95. The van der Waals surface area contributed by atoms with E-state index in [4.69, 9.17) is 4.74 Å². The van der Waals surface area contributed by atoms with Crippen LogP contribution in [-0.4, -0.2) is 23.5 Å².